The lowest BCUT2D eigenvalue weighted by molar-refractivity contribution is 0.0727. The van der Waals surface area contributed by atoms with E-state index in [0.717, 1.165) is 61.3 Å². The molecule has 0 radical (unpaired) electrons. The van der Waals surface area contributed by atoms with Crippen molar-refractivity contribution >= 4 is 99.0 Å². The number of amides is 2. The second-order valence-electron chi connectivity index (χ2n) is 20.7. The molecule has 0 N–H and O–H groups in total. The van der Waals surface area contributed by atoms with Crippen molar-refractivity contribution in [2.75, 3.05) is 0 Å². The van der Waals surface area contributed by atoms with Crippen LogP contribution in [0, 0.1) is 0 Å². The lowest BCUT2D eigenvalue weighted by Crippen LogP contribution is -2.32. The largest absolute Gasteiger partial charge is 0.340 e. The van der Waals surface area contributed by atoms with Crippen LogP contribution in [0.5, 0.6) is 0 Å². The minimum atomic E-state index is -0.123. The Balaban J connectivity index is 0.832. The summed E-state index contributed by atoms with van der Waals surface area (Å²) in [7, 11) is 0. The molecule has 0 atom stereocenters. The Morgan fingerprint density at radius 3 is 0.838 bits per heavy atom. The molecular formula is C66H52N6O2. The van der Waals surface area contributed by atoms with Crippen LogP contribution in [0.2, 0.25) is 0 Å². The Morgan fingerprint density at radius 1 is 0.270 bits per heavy atom. The van der Waals surface area contributed by atoms with E-state index in [1.165, 1.54) is 87.2 Å². The Hall–Kier alpha value is -8.88. The maximum atomic E-state index is 15.4. The highest BCUT2D eigenvalue weighted by atomic mass is 16.2. The predicted molar refractivity (Wildman–Crippen MR) is 301 cm³/mol. The zero-order chi connectivity index (χ0) is 49.0. The summed E-state index contributed by atoms with van der Waals surface area (Å²) in [4.78, 5) is 34.7. The third-order valence-electron chi connectivity index (χ3n) is 16.3. The number of fused-ring (bicyclic) bond motifs is 4. The third kappa shape index (κ3) is 6.81. The highest BCUT2D eigenvalue weighted by molar-refractivity contribution is 6.11. The van der Waals surface area contributed by atoms with Crippen LogP contribution < -0.4 is 0 Å². The highest BCUT2D eigenvalue weighted by Crippen LogP contribution is 2.37. The van der Waals surface area contributed by atoms with Gasteiger partial charge in [-0.05, 0) is 126 Å². The number of nitrogens with zero attached hydrogens (tertiary/aromatic N) is 6. The standard InChI is InChI=1S/C66H52N6O2/c73-65(67-39-43-22-26-61-53(34-43)49-14-1-5-18-57(49)69(61)30-10-31-70-58-19-6-2-15-50(58)54-35-44(40-67)23-27-62(54)70)47-12-9-13-48(38-47)66(74)68-41-45-24-28-63-55(36-45)51-16-3-7-20-59(51)71(63)32-11-33-72-60-21-8-4-17-52(60)56-37-46(42-68)25-29-64(56)72/h1-9,12-29,34-38H,10-11,30-33,39-42H2. The molecule has 0 saturated carbocycles. The fraction of sp³-hybridized carbons (Fsp3) is 0.152. The second kappa shape index (κ2) is 16.9. The number of aryl methyl sites for hydroxylation is 4. The van der Waals surface area contributed by atoms with E-state index in [1.54, 1.807) is 0 Å². The fourth-order valence-electron chi connectivity index (χ4n) is 13.0. The van der Waals surface area contributed by atoms with Crippen LogP contribution in [0.3, 0.4) is 0 Å². The molecule has 9 aromatic carbocycles. The molecule has 0 fully saturated rings. The molecule has 0 aliphatic carbocycles. The predicted octanol–water partition coefficient (Wildman–Crippen LogP) is 14.6. The lowest BCUT2D eigenvalue weighted by Gasteiger charge is -2.25. The maximum Gasteiger partial charge on any atom is 0.254 e. The normalized spacial score (nSPS) is 14.5. The van der Waals surface area contributed by atoms with Crippen molar-refractivity contribution in [3.05, 3.63) is 228 Å². The second-order valence-corrected chi connectivity index (χ2v) is 20.7. The molecule has 8 nitrogen and oxygen atoms in total. The first kappa shape index (κ1) is 42.8. The number of aromatic nitrogens is 4. The SMILES string of the molecule is O=C(c1cccc(C(=O)N2Cc3ccc4c(c3)c3ccccc3n4CCCn3c4ccccc4c4cc(ccc43)C2)c1)N1Cc2ccc3c(c2)c2ccccc2n3CCCn2c3ccccc3c3cc(ccc32)C1. The molecule has 4 aromatic heterocycles. The molecule has 16 bridgehead atoms. The van der Waals surface area contributed by atoms with Gasteiger partial charge in [0.25, 0.3) is 11.8 Å². The van der Waals surface area contributed by atoms with Gasteiger partial charge in [-0.1, -0.05) is 103 Å². The van der Waals surface area contributed by atoms with Crippen molar-refractivity contribution in [2.45, 2.75) is 65.2 Å². The zero-order valence-corrected chi connectivity index (χ0v) is 41.0. The van der Waals surface area contributed by atoms with Crippen LogP contribution in [0.1, 0.15) is 55.8 Å². The van der Waals surface area contributed by atoms with Crippen LogP contribution >= 0.6 is 0 Å². The van der Waals surface area contributed by atoms with Gasteiger partial charge in [0.1, 0.15) is 0 Å². The van der Waals surface area contributed by atoms with E-state index >= 15 is 9.59 Å². The van der Waals surface area contributed by atoms with Crippen LogP contribution in [0.15, 0.2) is 194 Å². The minimum Gasteiger partial charge on any atom is -0.340 e. The van der Waals surface area contributed by atoms with Crippen molar-refractivity contribution in [1.29, 1.82) is 0 Å². The zero-order valence-electron chi connectivity index (χ0n) is 41.0. The first-order valence-electron chi connectivity index (χ1n) is 26.2. The van der Waals surface area contributed by atoms with Crippen LogP contribution in [-0.4, -0.2) is 39.9 Å². The Morgan fingerprint density at radius 2 is 0.541 bits per heavy atom. The number of rotatable bonds is 2. The van der Waals surface area contributed by atoms with Gasteiger partial charge < -0.3 is 28.1 Å². The smallest absolute Gasteiger partial charge is 0.254 e. The highest BCUT2D eigenvalue weighted by Gasteiger charge is 2.25. The summed E-state index contributed by atoms with van der Waals surface area (Å²) in [6.07, 6.45) is 1.97. The minimum absolute atomic E-state index is 0.123. The van der Waals surface area contributed by atoms with Crippen molar-refractivity contribution < 1.29 is 9.59 Å². The number of carbonyl (C=O) groups excluding carboxylic acids is 2. The van der Waals surface area contributed by atoms with Crippen molar-refractivity contribution in [3.63, 3.8) is 0 Å². The number of benzene rings is 9. The van der Waals surface area contributed by atoms with E-state index in [-0.39, 0.29) is 11.8 Å². The molecule has 74 heavy (non-hydrogen) atoms. The number of para-hydroxylation sites is 4. The summed E-state index contributed by atoms with van der Waals surface area (Å²) in [5, 5.41) is 9.65. The topological polar surface area (TPSA) is 60.3 Å². The van der Waals surface area contributed by atoms with Crippen LogP contribution in [-0.2, 0) is 52.4 Å². The summed E-state index contributed by atoms with van der Waals surface area (Å²) < 4.78 is 9.87. The summed E-state index contributed by atoms with van der Waals surface area (Å²) in [5.74, 6) is -0.245. The molecule has 12 heterocycles. The van der Waals surface area contributed by atoms with Gasteiger partial charge >= 0.3 is 0 Å². The van der Waals surface area contributed by atoms with Gasteiger partial charge in [0.15, 0.2) is 0 Å². The first-order chi connectivity index (χ1) is 36.5. The first-order valence-corrected chi connectivity index (χ1v) is 26.2. The van der Waals surface area contributed by atoms with Gasteiger partial charge in [0.05, 0.1) is 0 Å². The molecule has 0 unspecified atom stereocenters. The molecule has 8 heteroatoms. The van der Waals surface area contributed by atoms with E-state index in [2.05, 4.69) is 188 Å². The molecule has 2 amide bonds. The average molecular weight is 961 g/mol. The van der Waals surface area contributed by atoms with Crippen molar-refractivity contribution in [3.8, 4) is 0 Å². The monoisotopic (exact) mass is 960 g/mol. The number of hydrogen-bond donors (Lipinski definition) is 0. The Kier molecular flexibility index (Phi) is 9.74. The molecule has 0 spiro atoms. The van der Waals surface area contributed by atoms with Crippen LogP contribution in [0.25, 0.3) is 87.2 Å². The summed E-state index contributed by atoms with van der Waals surface area (Å²) in [6, 6.07) is 69.0. The Labute approximate surface area is 427 Å². The van der Waals surface area contributed by atoms with Gasteiger partial charge in [-0.2, -0.15) is 0 Å². The Bertz CT molecular complexity index is 3940. The van der Waals surface area contributed by atoms with E-state index in [4.69, 9.17) is 0 Å². The fourth-order valence-corrected chi connectivity index (χ4v) is 13.0. The van der Waals surface area contributed by atoms with Gasteiger partial charge in [0, 0.05) is 151 Å². The van der Waals surface area contributed by atoms with E-state index < -0.39 is 0 Å². The van der Waals surface area contributed by atoms with E-state index in [0.29, 0.717) is 37.3 Å². The van der Waals surface area contributed by atoms with E-state index in [9.17, 15) is 0 Å². The van der Waals surface area contributed by atoms with Gasteiger partial charge in [-0.3, -0.25) is 9.59 Å². The van der Waals surface area contributed by atoms with Crippen molar-refractivity contribution in [1.82, 2.24) is 28.1 Å². The summed E-state index contributed by atoms with van der Waals surface area (Å²) in [6.45, 7) is 5.13. The molecule has 358 valence electrons. The molecule has 13 aromatic rings. The van der Waals surface area contributed by atoms with Crippen LogP contribution in [0.4, 0.5) is 0 Å². The quantitative estimate of drug-likeness (QED) is 0.173. The van der Waals surface area contributed by atoms with Gasteiger partial charge in [-0.15, -0.1) is 0 Å². The van der Waals surface area contributed by atoms with E-state index in [1.807, 2.05) is 34.1 Å². The molecule has 8 aliphatic rings. The summed E-state index contributed by atoms with van der Waals surface area (Å²) >= 11 is 0. The van der Waals surface area contributed by atoms with Crippen molar-refractivity contribution in [2.24, 2.45) is 0 Å². The summed E-state index contributed by atoms with van der Waals surface area (Å²) in [5.41, 5.74) is 14.9. The lowest BCUT2D eigenvalue weighted by atomic mass is 10.0. The number of hydrogen-bond acceptors (Lipinski definition) is 2. The average Bonchev–Trinajstić information content (AvgIpc) is 4.14. The van der Waals surface area contributed by atoms with Gasteiger partial charge in [0.2, 0.25) is 0 Å². The maximum absolute atomic E-state index is 15.4. The molecular weight excluding hydrogens is 909 g/mol. The molecule has 8 aliphatic heterocycles. The molecule has 21 rings (SSSR count). The number of carbonyl (C=O) groups is 2. The molecule has 0 saturated heterocycles. The van der Waals surface area contributed by atoms with Gasteiger partial charge in [-0.25, -0.2) is 0 Å². The third-order valence-corrected chi connectivity index (χ3v) is 16.3.